The number of carbonyl (C=O) groups is 2. The highest BCUT2D eigenvalue weighted by Gasteiger charge is 2.29. The molecule has 0 spiro atoms. The molecule has 1 fully saturated rings. The minimum Gasteiger partial charge on any atom is -0.369 e. The summed E-state index contributed by atoms with van der Waals surface area (Å²) in [5.74, 6) is -0.500. The van der Waals surface area contributed by atoms with Gasteiger partial charge in [0.2, 0.25) is 11.8 Å². The molecule has 0 aromatic rings. The summed E-state index contributed by atoms with van der Waals surface area (Å²) in [6.45, 7) is 3.38. The standard InChI is InChI=1S/C10H18N2O2/c1-10(2,9(11)14)6-8(13)12-7-4-3-5-7/h7H,3-6H2,1-2H3,(H2,11,14)(H,12,13). The number of nitrogens with one attached hydrogen (secondary N) is 1. The predicted molar refractivity (Wildman–Crippen MR) is 53.4 cm³/mol. The van der Waals surface area contributed by atoms with E-state index in [2.05, 4.69) is 5.32 Å². The van der Waals surface area contributed by atoms with Gasteiger partial charge in [0.15, 0.2) is 0 Å². The third-order valence-corrected chi connectivity index (χ3v) is 2.74. The molecule has 0 aliphatic heterocycles. The fourth-order valence-corrected chi connectivity index (χ4v) is 1.32. The van der Waals surface area contributed by atoms with E-state index in [9.17, 15) is 9.59 Å². The molecule has 1 rings (SSSR count). The molecule has 1 aliphatic rings. The van der Waals surface area contributed by atoms with Crippen molar-refractivity contribution < 1.29 is 9.59 Å². The van der Waals surface area contributed by atoms with Gasteiger partial charge >= 0.3 is 0 Å². The van der Waals surface area contributed by atoms with E-state index in [1.165, 1.54) is 6.42 Å². The maximum Gasteiger partial charge on any atom is 0.223 e. The molecule has 0 radical (unpaired) electrons. The highest BCUT2D eigenvalue weighted by Crippen LogP contribution is 2.22. The third-order valence-electron chi connectivity index (χ3n) is 2.74. The second-order valence-electron chi connectivity index (χ2n) is 4.62. The number of hydrogen-bond acceptors (Lipinski definition) is 2. The monoisotopic (exact) mass is 198 g/mol. The lowest BCUT2D eigenvalue weighted by molar-refractivity contribution is -0.133. The van der Waals surface area contributed by atoms with Crippen LogP contribution in [0.2, 0.25) is 0 Å². The number of amides is 2. The Kier molecular flexibility index (Phi) is 3.13. The van der Waals surface area contributed by atoms with Gasteiger partial charge in [-0.3, -0.25) is 9.59 Å². The Labute approximate surface area is 84.2 Å². The molecule has 0 aromatic carbocycles. The number of carbonyl (C=O) groups excluding carboxylic acids is 2. The molecule has 3 N–H and O–H groups in total. The highest BCUT2D eigenvalue weighted by atomic mass is 16.2. The first kappa shape index (κ1) is 11.0. The number of hydrogen-bond donors (Lipinski definition) is 2. The van der Waals surface area contributed by atoms with Gasteiger partial charge in [0.25, 0.3) is 0 Å². The number of nitrogens with two attached hydrogens (primary N) is 1. The van der Waals surface area contributed by atoms with Crippen molar-refractivity contribution in [2.75, 3.05) is 0 Å². The first-order valence-corrected chi connectivity index (χ1v) is 5.01. The Morgan fingerprint density at radius 3 is 2.36 bits per heavy atom. The van der Waals surface area contributed by atoms with Crippen molar-refractivity contribution in [3.05, 3.63) is 0 Å². The van der Waals surface area contributed by atoms with Crippen LogP contribution in [0.25, 0.3) is 0 Å². The molecule has 0 saturated heterocycles. The number of rotatable bonds is 4. The van der Waals surface area contributed by atoms with Gasteiger partial charge in [0.1, 0.15) is 0 Å². The zero-order chi connectivity index (χ0) is 10.8. The van der Waals surface area contributed by atoms with E-state index in [0.29, 0.717) is 6.04 Å². The van der Waals surface area contributed by atoms with Gasteiger partial charge in [-0.25, -0.2) is 0 Å². The summed E-state index contributed by atoms with van der Waals surface area (Å²) in [6.07, 6.45) is 3.48. The number of primary amides is 1. The lowest BCUT2D eigenvalue weighted by atomic mass is 9.87. The van der Waals surface area contributed by atoms with Crippen LogP contribution in [0.5, 0.6) is 0 Å². The van der Waals surface area contributed by atoms with Gasteiger partial charge < -0.3 is 11.1 Å². The zero-order valence-corrected chi connectivity index (χ0v) is 8.80. The van der Waals surface area contributed by atoms with Crippen molar-refractivity contribution in [2.24, 2.45) is 11.1 Å². The smallest absolute Gasteiger partial charge is 0.223 e. The molecule has 80 valence electrons. The van der Waals surface area contributed by atoms with E-state index < -0.39 is 11.3 Å². The topological polar surface area (TPSA) is 72.2 Å². The summed E-state index contributed by atoms with van der Waals surface area (Å²) in [7, 11) is 0. The van der Waals surface area contributed by atoms with Crippen molar-refractivity contribution in [3.63, 3.8) is 0 Å². The first-order chi connectivity index (χ1) is 6.42. The van der Waals surface area contributed by atoms with E-state index in [4.69, 9.17) is 5.73 Å². The second kappa shape index (κ2) is 3.98. The van der Waals surface area contributed by atoms with Gasteiger partial charge in [0.05, 0.1) is 5.41 Å². The maximum absolute atomic E-state index is 11.4. The molecule has 0 heterocycles. The van der Waals surface area contributed by atoms with Crippen LogP contribution in [0.15, 0.2) is 0 Å². The average molecular weight is 198 g/mol. The molecule has 14 heavy (non-hydrogen) atoms. The van der Waals surface area contributed by atoms with Crippen LogP contribution in [-0.4, -0.2) is 17.9 Å². The van der Waals surface area contributed by atoms with Gasteiger partial charge in [0, 0.05) is 12.5 Å². The summed E-state index contributed by atoms with van der Waals surface area (Å²) in [5, 5.41) is 2.88. The van der Waals surface area contributed by atoms with Crippen LogP contribution in [0.1, 0.15) is 39.5 Å². The molecule has 4 heteroatoms. The van der Waals surface area contributed by atoms with Crippen LogP contribution >= 0.6 is 0 Å². The molecule has 1 aliphatic carbocycles. The molecule has 1 saturated carbocycles. The second-order valence-corrected chi connectivity index (χ2v) is 4.62. The molecule has 0 unspecified atom stereocenters. The Morgan fingerprint density at radius 2 is 2.00 bits per heavy atom. The van der Waals surface area contributed by atoms with Crippen molar-refractivity contribution in [1.82, 2.24) is 5.32 Å². The molecule has 0 aromatic heterocycles. The van der Waals surface area contributed by atoms with Crippen molar-refractivity contribution >= 4 is 11.8 Å². The Hall–Kier alpha value is -1.06. The van der Waals surface area contributed by atoms with Crippen LogP contribution in [0, 0.1) is 5.41 Å². The lowest BCUT2D eigenvalue weighted by Crippen LogP contribution is -2.43. The molecule has 0 bridgehead atoms. The van der Waals surface area contributed by atoms with Crippen molar-refractivity contribution in [2.45, 2.75) is 45.6 Å². The average Bonchev–Trinajstić information content (AvgIpc) is 1.96. The fraction of sp³-hybridized carbons (Fsp3) is 0.800. The Bertz CT molecular complexity index is 245. The van der Waals surface area contributed by atoms with Gasteiger partial charge in [-0.1, -0.05) is 13.8 Å². The van der Waals surface area contributed by atoms with E-state index >= 15 is 0 Å². The Balaban J connectivity index is 2.35. The highest BCUT2D eigenvalue weighted by molar-refractivity contribution is 5.87. The zero-order valence-electron chi connectivity index (χ0n) is 8.80. The van der Waals surface area contributed by atoms with E-state index in [-0.39, 0.29) is 12.3 Å². The summed E-state index contributed by atoms with van der Waals surface area (Å²) in [6, 6.07) is 0.325. The minimum atomic E-state index is -0.742. The molecule has 2 amide bonds. The van der Waals surface area contributed by atoms with Gasteiger partial charge in [-0.15, -0.1) is 0 Å². The molecule has 4 nitrogen and oxygen atoms in total. The predicted octanol–water partition coefficient (Wildman–Crippen LogP) is 0.557. The van der Waals surface area contributed by atoms with Gasteiger partial charge in [-0.2, -0.15) is 0 Å². The molecular formula is C10H18N2O2. The van der Waals surface area contributed by atoms with Crippen LogP contribution < -0.4 is 11.1 Å². The van der Waals surface area contributed by atoms with Crippen LogP contribution in [-0.2, 0) is 9.59 Å². The normalized spacial score (nSPS) is 17.3. The summed E-state index contributed by atoms with van der Waals surface area (Å²) in [5.41, 5.74) is 4.43. The quantitative estimate of drug-likeness (QED) is 0.692. The van der Waals surface area contributed by atoms with E-state index in [0.717, 1.165) is 12.8 Å². The minimum absolute atomic E-state index is 0.0708. The third kappa shape index (κ3) is 2.72. The first-order valence-electron chi connectivity index (χ1n) is 5.01. The lowest BCUT2D eigenvalue weighted by Gasteiger charge is -2.28. The summed E-state index contributed by atoms with van der Waals surface area (Å²) < 4.78 is 0. The molecule has 0 atom stereocenters. The fourth-order valence-electron chi connectivity index (χ4n) is 1.32. The van der Waals surface area contributed by atoms with Crippen LogP contribution in [0.3, 0.4) is 0 Å². The largest absolute Gasteiger partial charge is 0.369 e. The van der Waals surface area contributed by atoms with Crippen molar-refractivity contribution in [3.8, 4) is 0 Å². The molecular weight excluding hydrogens is 180 g/mol. The summed E-state index contributed by atoms with van der Waals surface area (Å²) >= 11 is 0. The van der Waals surface area contributed by atoms with E-state index in [1.54, 1.807) is 13.8 Å². The van der Waals surface area contributed by atoms with Crippen molar-refractivity contribution in [1.29, 1.82) is 0 Å². The summed E-state index contributed by atoms with van der Waals surface area (Å²) in [4.78, 5) is 22.4. The maximum atomic E-state index is 11.4. The van der Waals surface area contributed by atoms with Crippen LogP contribution in [0.4, 0.5) is 0 Å². The SMILES string of the molecule is CC(C)(CC(=O)NC1CCC1)C(N)=O. The van der Waals surface area contributed by atoms with Gasteiger partial charge in [-0.05, 0) is 19.3 Å². The Morgan fingerprint density at radius 1 is 1.43 bits per heavy atom. The van der Waals surface area contributed by atoms with E-state index in [1.807, 2.05) is 0 Å².